The normalized spacial score (nSPS) is 11.8. The number of ether oxygens (including phenoxy) is 2. The van der Waals surface area contributed by atoms with Gasteiger partial charge < -0.3 is 31.5 Å². The molecule has 1 atom stereocenters. The number of nitrogens with one attached hydrogen (secondary N) is 1. The van der Waals surface area contributed by atoms with Gasteiger partial charge in [-0.25, -0.2) is 36.5 Å². The Bertz CT molecular complexity index is 7020. The van der Waals surface area contributed by atoms with Crippen LogP contribution in [0, 0.1) is 0 Å². The maximum atomic E-state index is 10.1. The summed E-state index contributed by atoms with van der Waals surface area (Å²) in [6.45, 7) is 0. The number of hydrogen-bond acceptors (Lipinski definition) is 17. The van der Waals surface area contributed by atoms with Gasteiger partial charge in [-0.05, 0) is 211 Å². The minimum absolute atomic E-state index is 0.0991. The largest absolute Gasteiger partial charge is 0.506 e. The van der Waals surface area contributed by atoms with E-state index in [0.717, 1.165) is 114 Å². The van der Waals surface area contributed by atoms with E-state index in [1.807, 2.05) is 478 Å². The molecule has 726 valence electrons. The van der Waals surface area contributed by atoms with E-state index in [-0.39, 0.29) is 5.75 Å². The number of aryl methyl sites for hydroxylation is 11. The molecule has 0 amide bonds. The number of hydrazone groups is 4. The van der Waals surface area contributed by atoms with Crippen LogP contribution in [0.4, 0.5) is 51.4 Å². The van der Waals surface area contributed by atoms with E-state index in [2.05, 4.69) is 118 Å². The predicted octanol–water partition coefficient (Wildman–Crippen LogP) is 19.3. The number of fused-ring (bicyclic) bond motifs is 2. The highest BCUT2D eigenvalue weighted by molar-refractivity contribution is 6.31. The third-order valence-corrected chi connectivity index (χ3v) is 22.9. The first kappa shape index (κ1) is 106. The van der Waals surface area contributed by atoms with E-state index in [1.54, 1.807) is 44.6 Å². The van der Waals surface area contributed by atoms with Crippen molar-refractivity contribution in [2.45, 2.75) is 18.9 Å². The molecule has 9 aromatic carbocycles. The Labute approximate surface area is 848 Å². The number of phenolic OH excluding ortho intramolecular Hbond substituents is 1. The van der Waals surface area contributed by atoms with Crippen LogP contribution in [0.25, 0.3) is 35.2 Å². The molecule has 0 saturated heterocycles. The number of imidazole rings is 1. The van der Waals surface area contributed by atoms with Gasteiger partial charge in [-0.1, -0.05) is 107 Å². The second kappa shape index (κ2) is 55.3. The molecular formula is C114H126Cl2N24O3+8. The van der Waals surface area contributed by atoms with Gasteiger partial charge in [0.2, 0.25) is 23.3 Å². The van der Waals surface area contributed by atoms with Gasteiger partial charge in [0.05, 0.1) is 94.4 Å². The molecular weight excluding hydrogens is 1820 g/mol. The number of methoxy groups -OCH3 is 2. The molecule has 0 saturated carbocycles. The molecule has 0 spiro atoms. The zero-order valence-electron chi connectivity index (χ0n) is 83.5. The van der Waals surface area contributed by atoms with Crippen molar-refractivity contribution in [3.8, 4) is 17.2 Å². The van der Waals surface area contributed by atoms with Gasteiger partial charge in [0.15, 0.2) is 68.5 Å². The molecule has 29 heteroatoms. The Morgan fingerprint density at radius 2 is 0.811 bits per heavy atom. The fraction of sp³-hybridized carbons (Fsp3) is 0.158. The van der Waals surface area contributed by atoms with Crippen LogP contribution in [-0.2, 0) is 76.9 Å². The first-order valence-corrected chi connectivity index (χ1v) is 46.8. The number of phenols is 1. The third-order valence-electron chi connectivity index (χ3n) is 22.4. The van der Waals surface area contributed by atoms with Gasteiger partial charge in [0.25, 0.3) is 0 Å². The van der Waals surface area contributed by atoms with Crippen molar-refractivity contribution in [2.75, 3.05) is 61.9 Å². The number of benzene rings is 9. The van der Waals surface area contributed by atoms with Crippen LogP contribution < -0.4 is 78.0 Å². The number of aromatic nitrogens is 10. The SMILES string of the molecule is CN(N=Cc1cc[n+](C)cc1)c1ccccc1.CN(N=Cc1cccc[n+]1C)c1ccc(Cl)cc1.COc1ccc(N(C)/N=C/c2cc[n+](C)cc2)cc1.COc1ccc(N=Nc2n(C)cc[n+]2C)cc1.C[n+]1ccc(C=Cc2ccc(N)cc2)cc1.C[n+]1ccccc1C=Cc1ccc(N)cc1.C[n+]1ccccc1C=NNC1CCc2ccccc21.Cn1c2c(N=Nc3ccc(Cl)cc3)c(O)ccc2c[n+]1C. The molecule has 1 unspecified atom stereocenters. The van der Waals surface area contributed by atoms with Gasteiger partial charge in [0.1, 0.15) is 83.2 Å². The molecule has 18 rings (SSSR count). The van der Waals surface area contributed by atoms with Crippen LogP contribution in [-0.4, -0.2) is 74.6 Å². The van der Waals surface area contributed by atoms with Crippen molar-refractivity contribution in [2.24, 2.45) is 111 Å². The lowest BCUT2D eigenvalue weighted by atomic mass is 10.1. The van der Waals surface area contributed by atoms with Crippen molar-refractivity contribution >= 4 is 135 Å². The molecule has 27 nitrogen and oxygen atoms in total. The first-order valence-electron chi connectivity index (χ1n) is 46.0. The van der Waals surface area contributed by atoms with E-state index in [9.17, 15) is 5.11 Å². The van der Waals surface area contributed by atoms with Gasteiger partial charge in [0, 0.05) is 138 Å². The fourth-order valence-electron chi connectivity index (χ4n) is 13.8. The van der Waals surface area contributed by atoms with Crippen LogP contribution in [0.3, 0.4) is 0 Å². The van der Waals surface area contributed by atoms with Crippen LogP contribution in [0.2, 0.25) is 10.0 Å². The standard InChI is InChI=1S/C16H17N3.C15H13ClN4O.C15H18N3O.C14H15ClN3.C14H16N3.2C14H14N2.C12H15N4O/c1-19-11-5-4-7-14(19)12-17-18-16-10-9-13-6-2-3-8-15(13)16;1-19-9-10-3-8-13(21)14(15(10)20(19)2)18-17-12-6-4-11(16)5-7-12;1-17-10-8-13(9-11-17)12-16-18(2)14-4-6-15(19-3)7-5-14;1-17-10-4-3-5-14(17)11-16-18(2)13-8-6-12(15)7-9-13;1-16-10-8-13(9-11-16)12-15-17(2)14-6-4-3-5-7-14;1-16-10-8-13(9-11-16)3-2-12-4-6-14(15)7-5-12;1-16-11-3-2-4-14(16)10-7-12-5-8-13(15)9-6-12;1-15-8-9-16(2)12(15)14-13-10-4-6-11(17-3)7-5-10/h2-8,11-12,16H,9-10H2,1H3;3-9H,1-2H3;4-12H,1-3H3;3-11H,1-2H3;3-12H,1-2H3;2*2-11,15H,1H3;4-9H,1-3H3/q;;3*+1;;;+1/p+4. The fourth-order valence-corrected chi connectivity index (χ4v) is 14.0. The minimum Gasteiger partial charge on any atom is -0.506 e. The number of halogens is 2. The summed E-state index contributed by atoms with van der Waals surface area (Å²) in [6.07, 6.45) is 41.9. The molecule has 0 radical (unpaired) electrons. The summed E-state index contributed by atoms with van der Waals surface area (Å²) in [7, 11) is 28.8. The molecule has 8 aromatic heterocycles. The van der Waals surface area contributed by atoms with Gasteiger partial charge in [-0.2, -0.15) is 30.2 Å². The summed E-state index contributed by atoms with van der Waals surface area (Å²) in [5.41, 5.74) is 33.7. The van der Waals surface area contributed by atoms with Gasteiger partial charge in [-0.15, -0.1) is 9.80 Å². The molecule has 1 aliphatic carbocycles. The summed E-state index contributed by atoms with van der Waals surface area (Å²) in [5, 5.41) is 52.3. The van der Waals surface area contributed by atoms with Crippen molar-refractivity contribution in [1.29, 1.82) is 0 Å². The summed E-state index contributed by atoms with van der Waals surface area (Å²) in [5.74, 6) is 2.55. The van der Waals surface area contributed by atoms with Crippen LogP contribution in [0.1, 0.15) is 68.5 Å². The zero-order chi connectivity index (χ0) is 102. The second-order valence-corrected chi connectivity index (χ2v) is 34.0. The number of anilines is 5. The summed E-state index contributed by atoms with van der Waals surface area (Å²) < 4.78 is 30.0. The lowest BCUT2D eigenvalue weighted by Gasteiger charge is -2.12. The van der Waals surface area contributed by atoms with E-state index in [4.69, 9.17) is 44.1 Å². The van der Waals surface area contributed by atoms with E-state index >= 15 is 0 Å². The summed E-state index contributed by atoms with van der Waals surface area (Å²) in [6, 6.07) is 98.5. The summed E-state index contributed by atoms with van der Waals surface area (Å²) >= 11 is 11.7. The highest BCUT2D eigenvalue weighted by Crippen LogP contribution is 2.36. The van der Waals surface area contributed by atoms with Crippen molar-refractivity contribution in [3.05, 3.63) is 444 Å². The third kappa shape index (κ3) is 34.7. The lowest BCUT2D eigenvalue weighted by molar-refractivity contribution is -0.748. The maximum absolute atomic E-state index is 10.1. The Morgan fingerprint density at radius 3 is 1.30 bits per heavy atom. The number of aromatic hydroxyl groups is 1. The molecule has 0 bridgehead atoms. The van der Waals surface area contributed by atoms with E-state index in [0.29, 0.717) is 22.4 Å². The number of nitrogens with zero attached hydrogens (tertiary/aromatic N) is 21. The van der Waals surface area contributed by atoms with Gasteiger partial charge >= 0.3 is 5.95 Å². The number of nitrogens with two attached hydrogens (primary N) is 2. The average Bonchev–Trinajstić information content (AvgIpc) is 1.63. The van der Waals surface area contributed by atoms with Crippen molar-refractivity contribution in [3.63, 3.8) is 0 Å². The second-order valence-electron chi connectivity index (χ2n) is 33.1. The smallest absolute Gasteiger partial charge is 0.421 e. The molecule has 143 heavy (non-hydrogen) atoms. The van der Waals surface area contributed by atoms with Gasteiger partial charge in [-0.3, -0.25) is 15.0 Å². The Morgan fingerprint density at radius 1 is 0.399 bits per heavy atom. The maximum Gasteiger partial charge on any atom is 0.421 e. The number of para-hydroxylation sites is 1. The highest BCUT2D eigenvalue weighted by Gasteiger charge is 2.22. The number of hydrogen-bond donors (Lipinski definition) is 4. The van der Waals surface area contributed by atoms with Crippen molar-refractivity contribution < 1.29 is 51.2 Å². The highest BCUT2D eigenvalue weighted by atomic mass is 35.5. The minimum atomic E-state index is 0.0991. The predicted molar refractivity (Wildman–Crippen MR) is 578 cm³/mol. The molecule has 6 N–H and O–H groups in total. The van der Waals surface area contributed by atoms with Crippen LogP contribution in [0.5, 0.6) is 17.2 Å². The number of nitrogen functional groups attached to an aromatic ring is 2. The quantitative estimate of drug-likeness (QED) is 0.0165. The lowest BCUT2D eigenvalue weighted by Crippen LogP contribution is -2.35. The van der Waals surface area contributed by atoms with E-state index < -0.39 is 0 Å². The molecule has 0 aliphatic heterocycles. The van der Waals surface area contributed by atoms with Crippen LogP contribution >= 0.6 is 23.2 Å². The zero-order valence-corrected chi connectivity index (χ0v) is 85.0. The average molecular weight is 1950 g/mol. The molecule has 0 fully saturated rings. The number of pyridine rings is 6. The topological polar surface area (TPSA) is 252 Å². The number of azo groups is 2. The Balaban J connectivity index is 0.000000156. The van der Waals surface area contributed by atoms with Crippen LogP contribution in [0.15, 0.2) is 419 Å². The Kier molecular flexibility index (Phi) is 41.1. The molecule has 8 heterocycles. The number of rotatable bonds is 22. The summed E-state index contributed by atoms with van der Waals surface area (Å²) in [4.78, 5) is 0. The van der Waals surface area contributed by atoms with Crippen molar-refractivity contribution in [1.82, 2.24) is 14.7 Å². The Hall–Kier alpha value is -17.3. The van der Waals surface area contributed by atoms with E-state index in [1.165, 1.54) is 22.4 Å². The molecule has 17 aromatic rings. The monoisotopic (exact) mass is 1950 g/mol. The molecule has 1 aliphatic rings. The first-order chi connectivity index (χ1) is 69.2.